The normalized spacial score (nSPS) is 14.9. The van der Waals surface area contributed by atoms with E-state index in [9.17, 15) is 4.79 Å². The summed E-state index contributed by atoms with van der Waals surface area (Å²) in [6.45, 7) is 0. The number of urea groups is 1. The first-order chi connectivity index (χ1) is 12.8. The molecule has 1 heterocycles. The molecule has 2 aromatic carbocycles. The predicted molar refractivity (Wildman–Crippen MR) is 106 cm³/mol. The van der Waals surface area contributed by atoms with E-state index in [-0.39, 0.29) is 6.03 Å². The van der Waals surface area contributed by atoms with Crippen LogP contribution in [-0.2, 0) is 0 Å². The van der Waals surface area contributed by atoms with Crippen LogP contribution in [0.15, 0.2) is 60.9 Å². The van der Waals surface area contributed by atoms with Gasteiger partial charge in [-0.05, 0) is 42.0 Å². The molecule has 0 radical (unpaired) electrons. The van der Waals surface area contributed by atoms with Crippen molar-refractivity contribution in [3.05, 3.63) is 60.9 Å². The van der Waals surface area contributed by atoms with Crippen LogP contribution in [0.1, 0.15) is 32.1 Å². The second-order valence-corrected chi connectivity index (χ2v) is 6.92. The number of para-hydroxylation sites is 1. The number of pyridine rings is 1. The minimum Gasteiger partial charge on any atom is -0.335 e. The first kappa shape index (κ1) is 16.6. The van der Waals surface area contributed by atoms with Crippen LogP contribution in [-0.4, -0.2) is 17.1 Å². The van der Waals surface area contributed by atoms with Crippen molar-refractivity contribution in [3.63, 3.8) is 0 Å². The molecular formula is C22H23N3O. The third kappa shape index (κ3) is 3.69. The number of anilines is 1. The van der Waals surface area contributed by atoms with Crippen LogP contribution in [0.2, 0.25) is 0 Å². The molecule has 2 amide bonds. The SMILES string of the molecule is O=C(Nc1ccccc1-c1ccc2ccncc2c1)NC1CCCCC1. The highest BCUT2D eigenvalue weighted by Gasteiger charge is 2.16. The van der Waals surface area contributed by atoms with Gasteiger partial charge in [0.05, 0.1) is 5.69 Å². The van der Waals surface area contributed by atoms with Crippen LogP contribution in [0.4, 0.5) is 10.5 Å². The van der Waals surface area contributed by atoms with Gasteiger partial charge in [-0.25, -0.2) is 4.79 Å². The molecule has 0 saturated heterocycles. The van der Waals surface area contributed by atoms with Crippen molar-refractivity contribution in [3.8, 4) is 11.1 Å². The number of benzene rings is 2. The van der Waals surface area contributed by atoms with E-state index in [4.69, 9.17) is 0 Å². The molecule has 0 atom stereocenters. The van der Waals surface area contributed by atoms with Gasteiger partial charge in [-0.1, -0.05) is 49.6 Å². The Morgan fingerprint density at radius 1 is 0.962 bits per heavy atom. The van der Waals surface area contributed by atoms with Crippen molar-refractivity contribution in [2.45, 2.75) is 38.1 Å². The predicted octanol–water partition coefficient (Wildman–Crippen LogP) is 5.36. The minimum atomic E-state index is -0.119. The maximum Gasteiger partial charge on any atom is 0.319 e. The first-order valence-electron chi connectivity index (χ1n) is 9.30. The van der Waals surface area contributed by atoms with Crippen molar-refractivity contribution < 1.29 is 4.79 Å². The monoisotopic (exact) mass is 345 g/mol. The highest BCUT2D eigenvalue weighted by Crippen LogP contribution is 2.30. The molecule has 1 fully saturated rings. The summed E-state index contributed by atoms with van der Waals surface area (Å²) in [5, 5.41) is 8.40. The summed E-state index contributed by atoms with van der Waals surface area (Å²) in [5.41, 5.74) is 2.90. The Hall–Kier alpha value is -2.88. The Morgan fingerprint density at radius 2 is 1.81 bits per heavy atom. The Kier molecular flexibility index (Phi) is 4.82. The third-order valence-electron chi connectivity index (χ3n) is 5.07. The van der Waals surface area contributed by atoms with Crippen molar-refractivity contribution in [2.75, 3.05) is 5.32 Å². The van der Waals surface area contributed by atoms with Crippen LogP contribution < -0.4 is 10.6 Å². The maximum absolute atomic E-state index is 12.4. The van der Waals surface area contributed by atoms with Gasteiger partial charge in [-0.2, -0.15) is 0 Å². The van der Waals surface area contributed by atoms with E-state index in [1.54, 1.807) is 6.20 Å². The van der Waals surface area contributed by atoms with E-state index in [1.807, 2.05) is 36.5 Å². The van der Waals surface area contributed by atoms with Gasteiger partial charge < -0.3 is 10.6 Å². The number of carbonyl (C=O) groups excluding carboxylic acids is 1. The van der Waals surface area contributed by atoms with Crippen LogP contribution in [0.25, 0.3) is 21.9 Å². The van der Waals surface area contributed by atoms with E-state index in [2.05, 4.69) is 33.8 Å². The highest BCUT2D eigenvalue weighted by molar-refractivity contribution is 5.96. The summed E-state index contributed by atoms with van der Waals surface area (Å²) in [4.78, 5) is 16.6. The Balaban J connectivity index is 1.56. The topological polar surface area (TPSA) is 54.0 Å². The molecule has 1 aromatic heterocycles. The zero-order valence-corrected chi connectivity index (χ0v) is 14.7. The molecule has 0 spiro atoms. The number of nitrogens with one attached hydrogen (secondary N) is 2. The van der Waals surface area contributed by atoms with Gasteiger partial charge in [0.2, 0.25) is 0 Å². The van der Waals surface area contributed by atoms with E-state index in [0.717, 1.165) is 40.4 Å². The molecule has 0 aliphatic heterocycles. The lowest BCUT2D eigenvalue weighted by Gasteiger charge is -2.23. The molecule has 0 unspecified atom stereocenters. The second kappa shape index (κ2) is 7.56. The summed E-state index contributed by atoms with van der Waals surface area (Å²) in [7, 11) is 0. The number of nitrogens with zero attached hydrogens (tertiary/aromatic N) is 1. The van der Waals surface area contributed by atoms with Crippen LogP contribution in [0.5, 0.6) is 0 Å². The molecule has 1 saturated carbocycles. The number of amides is 2. The number of hydrogen-bond donors (Lipinski definition) is 2. The van der Waals surface area contributed by atoms with Gasteiger partial charge in [-0.3, -0.25) is 4.98 Å². The fourth-order valence-corrected chi connectivity index (χ4v) is 3.69. The number of carbonyl (C=O) groups is 1. The van der Waals surface area contributed by atoms with Crippen LogP contribution in [0.3, 0.4) is 0 Å². The number of hydrogen-bond acceptors (Lipinski definition) is 2. The van der Waals surface area contributed by atoms with E-state index in [1.165, 1.54) is 19.3 Å². The number of fused-ring (bicyclic) bond motifs is 1. The number of rotatable bonds is 3. The van der Waals surface area contributed by atoms with Gasteiger partial charge in [-0.15, -0.1) is 0 Å². The van der Waals surface area contributed by atoms with Crippen LogP contribution >= 0.6 is 0 Å². The summed E-state index contributed by atoms with van der Waals surface area (Å²) < 4.78 is 0. The first-order valence-corrected chi connectivity index (χ1v) is 9.30. The van der Waals surface area contributed by atoms with E-state index in [0.29, 0.717) is 6.04 Å². The minimum absolute atomic E-state index is 0.119. The van der Waals surface area contributed by atoms with E-state index < -0.39 is 0 Å². The number of aromatic nitrogens is 1. The van der Waals surface area contributed by atoms with Crippen molar-refractivity contribution >= 4 is 22.5 Å². The van der Waals surface area contributed by atoms with Crippen LogP contribution in [0, 0.1) is 0 Å². The Bertz CT molecular complexity index is 916. The molecule has 1 aliphatic rings. The molecule has 2 N–H and O–H groups in total. The highest BCUT2D eigenvalue weighted by atomic mass is 16.2. The maximum atomic E-state index is 12.4. The largest absolute Gasteiger partial charge is 0.335 e. The molecule has 0 bridgehead atoms. The van der Waals surface area contributed by atoms with Crippen molar-refractivity contribution in [1.82, 2.24) is 10.3 Å². The van der Waals surface area contributed by atoms with Crippen molar-refractivity contribution in [2.24, 2.45) is 0 Å². The second-order valence-electron chi connectivity index (χ2n) is 6.92. The molecule has 132 valence electrons. The third-order valence-corrected chi connectivity index (χ3v) is 5.07. The molecule has 26 heavy (non-hydrogen) atoms. The van der Waals surface area contributed by atoms with Gasteiger partial charge in [0, 0.05) is 29.4 Å². The average Bonchev–Trinajstić information content (AvgIpc) is 2.69. The summed E-state index contributed by atoms with van der Waals surface area (Å²) in [5.74, 6) is 0. The fraction of sp³-hybridized carbons (Fsp3) is 0.273. The van der Waals surface area contributed by atoms with Crippen molar-refractivity contribution in [1.29, 1.82) is 0 Å². The Labute approximate surface area is 153 Å². The quantitative estimate of drug-likeness (QED) is 0.672. The lowest BCUT2D eigenvalue weighted by atomic mass is 9.96. The zero-order chi connectivity index (χ0) is 17.8. The summed E-state index contributed by atoms with van der Waals surface area (Å²) >= 11 is 0. The lowest BCUT2D eigenvalue weighted by Crippen LogP contribution is -2.39. The van der Waals surface area contributed by atoms with Gasteiger partial charge in [0.1, 0.15) is 0 Å². The summed E-state index contributed by atoms with van der Waals surface area (Å²) in [6.07, 6.45) is 9.50. The molecule has 4 heteroatoms. The molecule has 4 nitrogen and oxygen atoms in total. The Morgan fingerprint density at radius 3 is 2.69 bits per heavy atom. The standard InChI is InChI=1S/C22H23N3O/c26-22(24-19-6-2-1-3-7-19)25-21-9-5-4-8-20(21)17-11-10-16-12-13-23-15-18(16)14-17/h4-5,8-15,19H,1-3,6-7H2,(H2,24,25,26). The lowest BCUT2D eigenvalue weighted by molar-refractivity contribution is 0.244. The van der Waals surface area contributed by atoms with Gasteiger partial charge in [0.25, 0.3) is 0 Å². The van der Waals surface area contributed by atoms with E-state index >= 15 is 0 Å². The fourth-order valence-electron chi connectivity index (χ4n) is 3.69. The molecule has 3 aromatic rings. The average molecular weight is 345 g/mol. The molecule has 4 rings (SSSR count). The molecular weight excluding hydrogens is 322 g/mol. The van der Waals surface area contributed by atoms with Gasteiger partial charge >= 0.3 is 6.03 Å². The summed E-state index contributed by atoms with van der Waals surface area (Å²) in [6, 6.07) is 16.4. The zero-order valence-electron chi connectivity index (χ0n) is 14.7. The smallest absolute Gasteiger partial charge is 0.319 e. The molecule has 1 aliphatic carbocycles. The van der Waals surface area contributed by atoms with Gasteiger partial charge in [0.15, 0.2) is 0 Å².